The highest BCUT2D eigenvalue weighted by molar-refractivity contribution is 6.59. The van der Waals surface area contributed by atoms with Gasteiger partial charge in [0.2, 0.25) is 0 Å². The molecule has 0 aromatic heterocycles. The number of carbonyl (C=O) groups is 2. The molecule has 3 unspecified atom stereocenters. The predicted octanol–water partition coefficient (Wildman–Crippen LogP) is 1.04. The Morgan fingerprint density at radius 1 is 1.20 bits per heavy atom. The summed E-state index contributed by atoms with van der Waals surface area (Å²) in [7, 11) is -1.10. The lowest BCUT2D eigenvalue weighted by molar-refractivity contribution is -0.160. The first kappa shape index (κ1) is 12.2. The molecule has 0 aromatic carbocycles. The Morgan fingerprint density at radius 3 is 2.33 bits per heavy atom. The molecule has 0 amide bonds. The summed E-state index contributed by atoms with van der Waals surface area (Å²) in [5.41, 5.74) is -0.139. The fourth-order valence-electron chi connectivity index (χ4n) is 2.06. The predicted molar refractivity (Wildman–Crippen MR) is 58.2 cm³/mol. The Kier molecular flexibility index (Phi) is 4.32. The van der Waals surface area contributed by atoms with Crippen LogP contribution in [0.2, 0.25) is 12.6 Å². The van der Waals surface area contributed by atoms with Crippen LogP contribution in [0.25, 0.3) is 0 Å². The van der Waals surface area contributed by atoms with Crippen LogP contribution in [0.1, 0.15) is 26.7 Å². The van der Waals surface area contributed by atoms with Crippen molar-refractivity contribution >= 4 is 20.7 Å². The first-order valence-electron chi connectivity index (χ1n) is 5.35. The molecule has 5 heteroatoms. The normalized spacial score (nSPS) is 30.7. The summed E-state index contributed by atoms with van der Waals surface area (Å²) in [6.07, 6.45) is 1.68. The smallest absolute Gasteiger partial charge is 0.303 e. The molecule has 1 heterocycles. The molecule has 0 radical (unpaired) electrons. The molecule has 3 atom stereocenters. The fourth-order valence-corrected chi connectivity index (χ4v) is 4.69. The highest BCUT2D eigenvalue weighted by Crippen LogP contribution is 2.24. The first-order valence-corrected chi connectivity index (χ1v) is 7.99. The Morgan fingerprint density at radius 2 is 1.80 bits per heavy atom. The van der Waals surface area contributed by atoms with Crippen molar-refractivity contribution in [2.45, 2.75) is 51.1 Å². The zero-order valence-electron chi connectivity index (χ0n) is 9.49. The van der Waals surface area contributed by atoms with Crippen LogP contribution in [0.4, 0.5) is 0 Å². The van der Waals surface area contributed by atoms with Crippen LogP contribution >= 0.6 is 0 Å². The zero-order chi connectivity index (χ0) is 11.4. The van der Waals surface area contributed by atoms with Crippen LogP contribution in [0.15, 0.2) is 0 Å². The maximum Gasteiger partial charge on any atom is 0.303 e. The van der Waals surface area contributed by atoms with E-state index in [1.54, 1.807) is 0 Å². The van der Waals surface area contributed by atoms with Gasteiger partial charge in [0.15, 0.2) is 0 Å². The molecule has 1 rings (SSSR count). The minimum Gasteiger partial charge on any atom is -0.463 e. The molecule has 4 nitrogen and oxygen atoms in total. The monoisotopic (exact) mass is 230 g/mol. The van der Waals surface area contributed by atoms with E-state index in [0.29, 0.717) is 0 Å². The third kappa shape index (κ3) is 3.66. The number of rotatable bonds is 2. The van der Waals surface area contributed by atoms with E-state index in [9.17, 15) is 9.59 Å². The van der Waals surface area contributed by atoms with E-state index in [1.165, 1.54) is 13.8 Å². The number of hydrogen-bond donors (Lipinski definition) is 0. The lowest BCUT2D eigenvalue weighted by Gasteiger charge is -2.34. The van der Waals surface area contributed by atoms with Crippen LogP contribution in [-0.4, -0.2) is 32.6 Å². The van der Waals surface area contributed by atoms with E-state index in [4.69, 9.17) is 9.47 Å². The topological polar surface area (TPSA) is 52.6 Å². The lowest BCUT2D eigenvalue weighted by atomic mass is 10.2. The molecule has 0 saturated carbocycles. The summed E-state index contributed by atoms with van der Waals surface area (Å²) in [5.74, 6) is -0.571. The van der Waals surface area contributed by atoms with Crippen molar-refractivity contribution in [3.63, 3.8) is 0 Å². The summed E-state index contributed by atoms with van der Waals surface area (Å²) < 4.78 is 10.5. The zero-order valence-corrected chi connectivity index (χ0v) is 10.6. The second kappa shape index (κ2) is 5.30. The third-order valence-corrected chi connectivity index (χ3v) is 5.70. The summed E-state index contributed by atoms with van der Waals surface area (Å²) in [4.78, 5) is 21.9. The second-order valence-electron chi connectivity index (χ2n) is 4.13. The van der Waals surface area contributed by atoms with Crippen molar-refractivity contribution in [2.24, 2.45) is 0 Å². The van der Waals surface area contributed by atoms with Crippen molar-refractivity contribution in [1.29, 1.82) is 0 Å². The van der Waals surface area contributed by atoms with Gasteiger partial charge in [0.1, 0.15) is 11.8 Å². The minimum atomic E-state index is -1.10. The van der Waals surface area contributed by atoms with Gasteiger partial charge in [0.05, 0.1) is 8.80 Å². The van der Waals surface area contributed by atoms with Crippen LogP contribution in [0.5, 0.6) is 0 Å². The Labute approximate surface area is 91.5 Å². The van der Waals surface area contributed by atoms with Gasteiger partial charge >= 0.3 is 11.9 Å². The molecule has 0 aromatic rings. The molecule has 0 bridgehead atoms. The molecule has 86 valence electrons. The van der Waals surface area contributed by atoms with Crippen LogP contribution < -0.4 is 0 Å². The maximum absolute atomic E-state index is 10.9. The van der Waals surface area contributed by atoms with E-state index in [2.05, 4.69) is 6.55 Å². The fraction of sp³-hybridized carbons (Fsp3) is 0.800. The molecule has 1 fully saturated rings. The van der Waals surface area contributed by atoms with Crippen molar-refractivity contribution in [3.05, 3.63) is 0 Å². The van der Waals surface area contributed by atoms with E-state index >= 15 is 0 Å². The molecule has 0 aliphatic carbocycles. The third-order valence-electron chi connectivity index (χ3n) is 2.69. The number of esters is 2. The van der Waals surface area contributed by atoms with Gasteiger partial charge in [-0.1, -0.05) is 19.0 Å². The number of hydrogen-bond acceptors (Lipinski definition) is 4. The first-order chi connectivity index (χ1) is 7.00. The van der Waals surface area contributed by atoms with E-state index < -0.39 is 8.80 Å². The Bertz CT molecular complexity index is 254. The molecule has 1 aliphatic rings. The van der Waals surface area contributed by atoms with Gasteiger partial charge in [-0.05, 0) is 6.42 Å². The number of ether oxygens (including phenoxy) is 2. The summed E-state index contributed by atoms with van der Waals surface area (Å²) in [6.45, 7) is 4.95. The van der Waals surface area contributed by atoms with Crippen LogP contribution in [0.3, 0.4) is 0 Å². The van der Waals surface area contributed by atoms with Gasteiger partial charge in [-0.15, -0.1) is 0 Å². The second-order valence-corrected chi connectivity index (χ2v) is 7.32. The standard InChI is InChI=1S/C10H18O4Si/c1-7(11)13-9-5-4-6-15(3)10(9)14-8(2)12/h9-10,15H,4-6H2,1-3H3. The Balaban J connectivity index is 2.63. The average Bonchev–Trinajstić information content (AvgIpc) is 2.09. The SMILES string of the molecule is CC(=O)OC1CCC[SiH](C)C1OC(C)=O. The quantitative estimate of drug-likeness (QED) is 0.525. The average molecular weight is 230 g/mol. The van der Waals surface area contributed by atoms with Gasteiger partial charge in [-0.25, -0.2) is 0 Å². The van der Waals surface area contributed by atoms with E-state index in [-0.39, 0.29) is 23.8 Å². The van der Waals surface area contributed by atoms with E-state index in [1.807, 2.05) is 0 Å². The molecular weight excluding hydrogens is 212 g/mol. The molecule has 1 aliphatic heterocycles. The highest BCUT2D eigenvalue weighted by atomic mass is 28.3. The summed E-state index contributed by atoms with van der Waals surface area (Å²) in [5, 5.41) is 0. The van der Waals surface area contributed by atoms with Crippen molar-refractivity contribution in [3.8, 4) is 0 Å². The van der Waals surface area contributed by atoms with Gasteiger partial charge in [-0.3, -0.25) is 9.59 Å². The Hall–Kier alpha value is -0.843. The van der Waals surface area contributed by atoms with E-state index in [0.717, 1.165) is 18.9 Å². The molecule has 0 spiro atoms. The van der Waals surface area contributed by atoms with Crippen molar-refractivity contribution in [2.75, 3.05) is 0 Å². The lowest BCUT2D eigenvalue weighted by Crippen LogP contribution is -2.47. The van der Waals surface area contributed by atoms with Gasteiger partial charge in [0.25, 0.3) is 0 Å². The molecule has 15 heavy (non-hydrogen) atoms. The van der Waals surface area contributed by atoms with Crippen molar-refractivity contribution < 1.29 is 19.1 Å². The minimum absolute atomic E-state index is 0.139. The number of carbonyl (C=O) groups excluding carboxylic acids is 2. The van der Waals surface area contributed by atoms with Crippen molar-refractivity contribution in [1.82, 2.24) is 0 Å². The summed E-state index contributed by atoms with van der Waals surface area (Å²) in [6, 6.07) is 1.15. The maximum atomic E-state index is 10.9. The van der Waals surface area contributed by atoms with Gasteiger partial charge < -0.3 is 9.47 Å². The summed E-state index contributed by atoms with van der Waals surface area (Å²) >= 11 is 0. The largest absolute Gasteiger partial charge is 0.463 e. The molecule has 1 saturated heterocycles. The molecular formula is C10H18O4Si. The van der Waals surface area contributed by atoms with Crippen LogP contribution in [0, 0.1) is 0 Å². The van der Waals surface area contributed by atoms with Gasteiger partial charge in [-0.2, -0.15) is 0 Å². The highest BCUT2D eigenvalue weighted by Gasteiger charge is 2.35. The van der Waals surface area contributed by atoms with Crippen LogP contribution in [-0.2, 0) is 19.1 Å². The van der Waals surface area contributed by atoms with Gasteiger partial charge in [0, 0.05) is 13.8 Å². The molecule has 0 N–H and O–H groups in total.